The fraction of sp³-hybridized carbons (Fsp3) is 0.583. The third-order valence-corrected chi connectivity index (χ3v) is 2.68. The number of aliphatic carboxylic acids is 1. The van der Waals surface area contributed by atoms with Crippen LogP contribution in [0.3, 0.4) is 0 Å². The van der Waals surface area contributed by atoms with Crippen LogP contribution in [0, 0.1) is 0 Å². The number of carbonyl (C=O) groups is 1. The van der Waals surface area contributed by atoms with E-state index >= 15 is 0 Å². The van der Waals surface area contributed by atoms with Gasteiger partial charge in [-0.05, 0) is 12.1 Å². The molecule has 0 aliphatic carbocycles. The highest BCUT2D eigenvalue weighted by molar-refractivity contribution is 5.74. The zero-order valence-corrected chi connectivity index (χ0v) is 10.8. The summed E-state index contributed by atoms with van der Waals surface area (Å²) in [6, 6.07) is 2.85. The molecule has 6 heteroatoms. The van der Waals surface area contributed by atoms with E-state index in [1.54, 1.807) is 32.5 Å². The van der Waals surface area contributed by atoms with E-state index in [0.717, 1.165) is 0 Å². The number of nitrogens with zero attached hydrogens (tertiary/aromatic N) is 1. The molecule has 1 aromatic heterocycles. The van der Waals surface area contributed by atoms with Crippen LogP contribution < -0.4 is 0 Å². The number of methoxy groups -OCH3 is 2. The van der Waals surface area contributed by atoms with E-state index in [1.807, 2.05) is 4.90 Å². The van der Waals surface area contributed by atoms with Gasteiger partial charge in [-0.15, -0.1) is 0 Å². The molecule has 0 fully saturated rings. The summed E-state index contributed by atoms with van der Waals surface area (Å²) >= 11 is 0. The molecule has 1 unspecified atom stereocenters. The van der Waals surface area contributed by atoms with Gasteiger partial charge >= 0.3 is 5.97 Å². The Morgan fingerprint density at radius 1 is 1.39 bits per heavy atom. The van der Waals surface area contributed by atoms with Crippen LogP contribution in [0.1, 0.15) is 11.7 Å². The van der Waals surface area contributed by atoms with Crippen molar-refractivity contribution < 1.29 is 19.4 Å². The number of nitrogens with one attached hydrogen (secondary N) is 1. The lowest BCUT2D eigenvalue weighted by Gasteiger charge is -2.27. The summed E-state index contributed by atoms with van der Waals surface area (Å²) in [5, 5.41) is 9.37. The van der Waals surface area contributed by atoms with E-state index in [4.69, 9.17) is 9.47 Å². The maximum Gasteiger partial charge on any atom is 0.327 e. The van der Waals surface area contributed by atoms with Crippen LogP contribution in [0.2, 0.25) is 0 Å². The molecule has 0 saturated heterocycles. The average molecular weight is 256 g/mol. The predicted molar refractivity (Wildman–Crippen MR) is 66.5 cm³/mol. The van der Waals surface area contributed by atoms with Crippen molar-refractivity contribution in [1.82, 2.24) is 9.88 Å². The highest BCUT2D eigenvalue weighted by atomic mass is 16.5. The summed E-state index contributed by atoms with van der Waals surface area (Å²) in [5.74, 6) is -0.885. The molecule has 0 spiro atoms. The zero-order valence-electron chi connectivity index (χ0n) is 10.8. The summed E-state index contributed by atoms with van der Waals surface area (Å²) < 4.78 is 10.0. The lowest BCUT2D eigenvalue weighted by molar-refractivity contribution is -0.144. The second kappa shape index (κ2) is 7.86. The van der Waals surface area contributed by atoms with Crippen LogP contribution in [0.4, 0.5) is 0 Å². The van der Waals surface area contributed by atoms with Crippen molar-refractivity contribution in [2.24, 2.45) is 0 Å². The fourth-order valence-electron chi connectivity index (χ4n) is 1.79. The summed E-state index contributed by atoms with van der Waals surface area (Å²) in [4.78, 5) is 16.2. The van der Waals surface area contributed by atoms with Gasteiger partial charge in [-0.25, -0.2) is 0 Å². The Bertz CT molecular complexity index is 332. The molecule has 102 valence electrons. The van der Waals surface area contributed by atoms with Gasteiger partial charge in [-0.1, -0.05) is 0 Å². The van der Waals surface area contributed by atoms with Gasteiger partial charge in [0.05, 0.1) is 13.2 Å². The molecule has 1 aromatic rings. The van der Waals surface area contributed by atoms with Gasteiger partial charge in [0.25, 0.3) is 0 Å². The van der Waals surface area contributed by atoms with E-state index in [1.165, 1.54) is 0 Å². The van der Waals surface area contributed by atoms with E-state index < -0.39 is 12.0 Å². The molecule has 0 aliphatic heterocycles. The number of rotatable bonds is 9. The second-order valence-corrected chi connectivity index (χ2v) is 3.89. The molecule has 18 heavy (non-hydrogen) atoms. The molecule has 0 aromatic carbocycles. The van der Waals surface area contributed by atoms with Gasteiger partial charge in [-0.2, -0.15) is 0 Å². The molecule has 1 heterocycles. The number of carboxylic acids is 1. The van der Waals surface area contributed by atoms with Crippen LogP contribution in [0.15, 0.2) is 18.3 Å². The van der Waals surface area contributed by atoms with Gasteiger partial charge in [0.1, 0.15) is 6.04 Å². The number of hydrogen-bond donors (Lipinski definition) is 2. The number of ether oxygens (including phenoxy) is 2. The van der Waals surface area contributed by atoms with Gasteiger partial charge in [-0.3, -0.25) is 9.69 Å². The fourth-order valence-corrected chi connectivity index (χ4v) is 1.79. The third kappa shape index (κ3) is 4.14. The van der Waals surface area contributed by atoms with Gasteiger partial charge in [0.2, 0.25) is 0 Å². The number of aromatic nitrogens is 1. The molecule has 1 rings (SSSR count). The first-order chi connectivity index (χ1) is 8.70. The van der Waals surface area contributed by atoms with Crippen LogP contribution in [-0.4, -0.2) is 61.5 Å². The minimum absolute atomic E-state index is 0.480. The third-order valence-electron chi connectivity index (χ3n) is 2.68. The molecule has 0 saturated carbocycles. The lowest BCUT2D eigenvalue weighted by Crippen LogP contribution is -2.38. The van der Waals surface area contributed by atoms with Crippen molar-refractivity contribution in [1.29, 1.82) is 0 Å². The minimum Gasteiger partial charge on any atom is -0.480 e. The van der Waals surface area contributed by atoms with Gasteiger partial charge in [0, 0.05) is 39.2 Å². The number of carboxylic acid groups (broad SMARTS) is 1. The molecule has 1 atom stereocenters. The van der Waals surface area contributed by atoms with Crippen LogP contribution in [0.25, 0.3) is 0 Å². The van der Waals surface area contributed by atoms with Gasteiger partial charge in [0.15, 0.2) is 0 Å². The van der Waals surface area contributed by atoms with Crippen LogP contribution in [0.5, 0.6) is 0 Å². The standard InChI is InChI=1S/C12H20N2O4/c1-17-8-6-14(7-9-18-2)11(12(15)16)10-4-3-5-13-10/h3-5,11,13H,6-9H2,1-2H3,(H,15,16). The topological polar surface area (TPSA) is 74.8 Å². The summed E-state index contributed by atoms with van der Waals surface area (Å²) in [6.07, 6.45) is 1.72. The Balaban J connectivity index is 2.79. The van der Waals surface area contributed by atoms with E-state index in [2.05, 4.69) is 4.98 Å². The quantitative estimate of drug-likeness (QED) is 0.681. The highest BCUT2D eigenvalue weighted by Gasteiger charge is 2.27. The first-order valence-electron chi connectivity index (χ1n) is 5.78. The van der Waals surface area contributed by atoms with Crippen molar-refractivity contribution in [2.45, 2.75) is 6.04 Å². The number of hydrogen-bond acceptors (Lipinski definition) is 4. The van der Waals surface area contributed by atoms with Crippen LogP contribution in [-0.2, 0) is 14.3 Å². The maximum atomic E-state index is 11.4. The first kappa shape index (κ1) is 14.7. The van der Waals surface area contributed by atoms with Crippen molar-refractivity contribution in [3.05, 3.63) is 24.0 Å². The molecule has 6 nitrogen and oxygen atoms in total. The zero-order chi connectivity index (χ0) is 13.4. The molecule has 0 radical (unpaired) electrons. The first-order valence-corrected chi connectivity index (χ1v) is 5.78. The van der Waals surface area contributed by atoms with Crippen molar-refractivity contribution in [3.8, 4) is 0 Å². The summed E-state index contributed by atoms with van der Waals surface area (Å²) in [7, 11) is 3.19. The molecule has 0 amide bonds. The molecule has 0 aliphatic rings. The SMILES string of the molecule is COCCN(CCOC)C(C(=O)O)c1ccc[nH]1. The molecule has 2 N–H and O–H groups in total. The largest absolute Gasteiger partial charge is 0.480 e. The second-order valence-electron chi connectivity index (χ2n) is 3.89. The Morgan fingerprint density at radius 3 is 2.39 bits per heavy atom. The smallest absolute Gasteiger partial charge is 0.327 e. The average Bonchev–Trinajstić information content (AvgIpc) is 2.85. The van der Waals surface area contributed by atoms with Crippen molar-refractivity contribution >= 4 is 5.97 Å². The Kier molecular flexibility index (Phi) is 6.42. The maximum absolute atomic E-state index is 11.4. The lowest BCUT2D eigenvalue weighted by atomic mass is 10.1. The Morgan fingerprint density at radius 2 is 2.00 bits per heavy atom. The van der Waals surface area contributed by atoms with E-state index in [-0.39, 0.29) is 0 Å². The molecular formula is C12H20N2O4. The van der Waals surface area contributed by atoms with E-state index in [9.17, 15) is 9.90 Å². The predicted octanol–water partition coefficient (Wildman–Crippen LogP) is 0.735. The minimum atomic E-state index is -0.885. The Hall–Kier alpha value is -1.37. The number of H-pyrrole nitrogens is 1. The molecule has 0 bridgehead atoms. The monoisotopic (exact) mass is 256 g/mol. The Labute approximate surface area is 107 Å². The van der Waals surface area contributed by atoms with Crippen molar-refractivity contribution in [3.63, 3.8) is 0 Å². The molecular weight excluding hydrogens is 236 g/mol. The highest BCUT2D eigenvalue weighted by Crippen LogP contribution is 2.19. The normalized spacial score (nSPS) is 12.8. The van der Waals surface area contributed by atoms with Crippen LogP contribution >= 0.6 is 0 Å². The van der Waals surface area contributed by atoms with Crippen molar-refractivity contribution in [2.75, 3.05) is 40.5 Å². The summed E-state index contributed by atoms with van der Waals surface area (Å²) in [5.41, 5.74) is 0.662. The van der Waals surface area contributed by atoms with Gasteiger partial charge < -0.3 is 19.6 Å². The summed E-state index contributed by atoms with van der Waals surface area (Å²) in [6.45, 7) is 2.04. The number of aromatic amines is 1. The van der Waals surface area contributed by atoms with E-state index in [0.29, 0.717) is 32.0 Å².